The summed E-state index contributed by atoms with van der Waals surface area (Å²) in [5.74, 6) is -0.970. The molecule has 1 saturated carbocycles. The highest BCUT2D eigenvalue weighted by atomic mass is 32.2. The molecule has 0 atom stereocenters. The summed E-state index contributed by atoms with van der Waals surface area (Å²) in [6.45, 7) is 0. The van der Waals surface area contributed by atoms with E-state index in [0.29, 0.717) is 12.8 Å². The van der Waals surface area contributed by atoms with Gasteiger partial charge in [0.25, 0.3) is 0 Å². The van der Waals surface area contributed by atoms with Gasteiger partial charge in [0, 0.05) is 5.54 Å². The lowest BCUT2D eigenvalue weighted by atomic mass is 9.80. The summed E-state index contributed by atoms with van der Waals surface area (Å²) in [6.07, 6.45) is 3.71. The highest BCUT2D eigenvalue weighted by molar-refractivity contribution is 7.89. The van der Waals surface area contributed by atoms with Crippen molar-refractivity contribution in [3.8, 4) is 0 Å². The highest BCUT2D eigenvalue weighted by Crippen LogP contribution is 2.32. The van der Waals surface area contributed by atoms with Crippen molar-refractivity contribution in [1.29, 1.82) is 0 Å². The molecule has 0 radical (unpaired) electrons. The van der Waals surface area contributed by atoms with E-state index < -0.39 is 21.5 Å². The maximum Gasteiger partial charge on any atom is 0.305 e. The van der Waals surface area contributed by atoms with Crippen LogP contribution in [0.2, 0.25) is 0 Å². The molecular weight excluding hydrogens is 278 g/mol. The third-order valence-corrected chi connectivity index (χ3v) is 5.30. The van der Waals surface area contributed by atoms with E-state index in [4.69, 9.17) is 5.11 Å². The predicted octanol–water partition coefficient (Wildman–Crippen LogP) is 2.14. The van der Waals surface area contributed by atoms with Crippen LogP contribution in [0, 0.1) is 0 Å². The molecule has 1 aromatic rings. The van der Waals surface area contributed by atoms with Crippen LogP contribution in [0.15, 0.2) is 35.2 Å². The maximum absolute atomic E-state index is 12.4. The van der Waals surface area contributed by atoms with Gasteiger partial charge in [-0.05, 0) is 25.0 Å². The lowest BCUT2D eigenvalue weighted by Crippen LogP contribution is -2.50. The number of hydrogen-bond donors (Lipinski definition) is 2. The molecule has 0 heterocycles. The molecule has 0 aromatic heterocycles. The van der Waals surface area contributed by atoms with Gasteiger partial charge in [0.15, 0.2) is 0 Å². The molecule has 1 aliphatic rings. The number of hydrogen-bond acceptors (Lipinski definition) is 3. The van der Waals surface area contributed by atoms with Crippen molar-refractivity contribution in [2.45, 2.75) is 49.0 Å². The van der Waals surface area contributed by atoms with Crippen LogP contribution in [-0.2, 0) is 14.8 Å². The zero-order valence-corrected chi connectivity index (χ0v) is 12.0. The smallest absolute Gasteiger partial charge is 0.305 e. The Morgan fingerprint density at radius 2 is 1.75 bits per heavy atom. The summed E-state index contributed by atoms with van der Waals surface area (Å²) in [6, 6.07) is 8.07. The van der Waals surface area contributed by atoms with Gasteiger partial charge in [-0.15, -0.1) is 0 Å². The van der Waals surface area contributed by atoms with Gasteiger partial charge in [-0.1, -0.05) is 37.5 Å². The molecule has 0 amide bonds. The second-order valence-corrected chi connectivity index (χ2v) is 7.01. The largest absolute Gasteiger partial charge is 0.481 e. The number of rotatable bonds is 5. The Labute approximate surface area is 119 Å². The molecule has 0 spiro atoms. The quantitative estimate of drug-likeness (QED) is 0.872. The van der Waals surface area contributed by atoms with E-state index in [1.54, 1.807) is 18.2 Å². The monoisotopic (exact) mass is 297 g/mol. The van der Waals surface area contributed by atoms with Gasteiger partial charge in [-0.3, -0.25) is 4.79 Å². The average molecular weight is 297 g/mol. The third-order valence-electron chi connectivity index (χ3n) is 3.70. The lowest BCUT2D eigenvalue weighted by molar-refractivity contribution is -0.138. The van der Waals surface area contributed by atoms with Crippen molar-refractivity contribution in [1.82, 2.24) is 4.72 Å². The normalized spacial score (nSPS) is 18.6. The fraction of sp³-hybridized carbons (Fsp3) is 0.500. The van der Waals surface area contributed by atoms with Crippen molar-refractivity contribution < 1.29 is 18.3 Å². The van der Waals surface area contributed by atoms with Crippen LogP contribution < -0.4 is 4.72 Å². The number of carboxylic acid groups (broad SMARTS) is 1. The summed E-state index contributed by atoms with van der Waals surface area (Å²) in [7, 11) is -3.68. The van der Waals surface area contributed by atoms with Crippen LogP contribution in [0.5, 0.6) is 0 Å². The Kier molecular flexibility index (Phi) is 4.45. The predicted molar refractivity (Wildman–Crippen MR) is 74.8 cm³/mol. The molecule has 2 rings (SSSR count). The second-order valence-electron chi connectivity index (χ2n) is 5.33. The number of carboxylic acids is 1. The van der Waals surface area contributed by atoms with Crippen LogP contribution in [0.3, 0.4) is 0 Å². The van der Waals surface area contributed by atoms with E-state index in [1.807, 2.05) is 0 Å². The van der Waals surface area contributed by atoms with Gasteiger partial charge in [-0.2, -0.15) is 0 Å². The van der Waals surface area contributed by atoms with Crippen molar-refractivity contribution in [2.75, 3.05) is 0 Å². The van der Waals surface area contributed by atoms with E-state index in [1.165, 1.54) is 12.1 Å². The van der Waals surface area contributed by atoms with Crippen LogP contribution in [-0.4, -0.2) is 25.0 Å². The van der Waals surface area contributed by atoms with E-state index in [0.717, 1.165) is 19.3 Å². The van der Waals surface area contributed by atoms with E-state index in [2.05, 4.69) is 4.72 Å². The number of nitrogens with one attached hydrogen (secondary N) is 1. The minimum Gasteiger partial charge on any atom is -0.481 e. The number of sulfonamides is 1. The molecule has 6 heteroatoms. The van der Waals surface area contributed by atoms with Gasteiger partial charge in [0.05, 0.1) is 11.3 Å². The first-order valence-corrected chi connectivity index (χ1v) is 8.23. The van der Waals surface area contributed by atoms with Crippen molar-refractivity contribution in [3.05, 3.63) is 30.3 Å². The average Bonchev–Trinajstić information content (AvgIpc) is 2.39. The second kappa shape index (κ2) is 5.93. The summed E-state index contributed by atoms with van der Waals surface area (Å²) in [5, 5.41) is 9.06. The highest BCUT2D eigenvalue weighted by Gasteiger charge is 2.38. The third kappa shape index (κ3) is 3.58. The Bertz CT molecular complexity index is 562. The SMILES string of the molecule is O=C(O)CC1(NS(=O)(=O)c2ccccc2)CCCCC1. The summed E-state index contributed by atoms with van der Waals surface area (Å²) in [5.41, 5.74) is -0.848. The molecule has 0 aliphatic heterocycles. The Morgan fingerprint density at radius 3 is 2.30 bits per heavy atom. The van der Waals surface area contributed by atoms with Crippen LogP contribution in [0.1, 0.15) is 38.5 Å². The molecular formula is C14H19NO4S. The van der Waals surface area contributed by atoms with Crippen LogP contribution in [0.4, 0.5) is 0 Å². The summed E-state index contributed by atoms with van der Waals surface area (Å²) in [4.78, 5) is 11.2. The minimum absolute atomic E-state index is 0.168. The summed E-state index contributed by atoms with van der Waals surface area (Å²) < 4.78 is 27.4. The van der Waals surface area contributed by atoms with E-state index in [9.17, 15) is 13.2 Å². The molecule has 0 bridgehead atoms. The minimum atomic E-state index is -3.68. The molecule has 1 aliphatic carbocycles. The first kappa shape index (κ1) is 15.0. The van der Waals surface area contributed by atoms with Crippen molar-refractivity contribution in [3.63, 3.8) is 0 Å². The molecule has 20 heavy (non-hydrogen) atoms. The Morgan fingerprint density at radius 1 is 1.15 bits per heavy atom. The van der Waals surface area contributed by atoms with Gasteiger partial charge >= 0.3 is 5.97 Å². The molecule has 0 saturated heterocycles. The zero-order chi connectivity index (χ0) is 14.6. The van der Waals surface area contributed by atoms with Gasteiger partial charge < -0.3 is 5.11 Å². The van der Waals surface area contributed by atoms with Crippen LogP contribution in [0.25, 0.3) is 0 Å². The van der Waals surface area contributed by atoms with Gasteiger partial charge in [0.1, 0.15) is 0 Å². The Balaban J connectivity index is 2.25. The number of benzene rings is 1. The molecule has 2 N–H and O–H groups in total. The standard InChI is InChI=1S/C14H19NO4S/c16-13(17)11-14(9-5-2-6-10-14)15-20(18,19)12-7-3-1-4-8-12/h1,3-4,7-8,15H,2,5-6,9-11H2,(H,16,17). The molecule has 110 valence electrons. The maximum atomic E-state index is 12.4. The topological polar surface area (TPSA) is 83.5 Å². The fourth-order valence-corrected chi connectivity index (χ4v) is 4.26. The molecule has 0 unspecified atom stereocenters. The van der Waals surface area contributed by atoms with E-state index in [-0.39, 0.29) is 11.3 Å². The fourth-order valence-electron chi connectivity index (χ4n) is 2.78. The Hall–Kier alpha value is -1.40. The van der Waals surface area contributed by atoms with Crippen molar-refractivity contribution in [2.24, 2.45) is 0 Å². The van der Waals surface area contributed by atoms with Crippen molar-refractivity contribution >= 4 is 16.0 Å². The first-order valence-electron chi connectivity index (χ1n) is 6.74. The number of aliphatic carboxylic acids is 1. The zero-order valence-electron chi connectivity index (χ0n) is 11.2. The van der Waals surface area contributed by atoms with Crippen LogP contribution >= 0.6 is 0 Å². The van der Waals surface area contributed by atoms with Gasteiger partial charge in [0.2, 0.25) is 10.0 Å². The molecule has 1 aromatic carbocycles. The molecule has 5 nitrogen and oxygen atoms in total. The van der Waals surface area contributed by atoms with E-state index >= 15 is 0 Å². The first-order chi connectivity index (χ1) is 9.44. The summed E-state index contributed by atoms with van der Waals surface area (Å²) >= 11 is 0. The number of carbonyl (C=O) groups is 1. The lowest BCUT2D eigenvalue weighted by Gasteiger charge is -2.36. The molecule has 1 fully saturated rings. The van der Waals surface area contributed by atoms with Gasteiger partial charge in [-0.25, -0.2) is 13.1 Å².